The molecule has 1 saturated heterocycles. The van der Waals surface area contributed by atoms with E-state index in [1.54, 1.807) is 18.0 Å². The number of amides is 2. The number of morpholine rings is 1. The zero-order valence-corrected chi connectivity index (χ0v) is 16.4. The molecule has 29 heavy (non-hydrogen) atoms. The van der Waals surface area contributed by atoms with E-state index in [0.29, 0.717) is 11.4 Å². The molecule has 1 fully saturated rings. The number of hydrogen-bond acceptors (Lipinski definition) is 5. The average molecular weight is 400 g/mol. The Hall–Kier alpha value is -2.97. The van der Waals surface area contributed by atoms with E-state index in [1.165, 1.54) is 18.2 Å². The van der Waals surface area contributed by atoms with Crippen molar-refractivity contribution in [1.82, 2.24) is 4.90 Å². The summed E-state index contributed by atoms with van der Waals surface area (Å²) < 4.78 is 18.5. The van der Waals surface area contributed by atoms with Gasteiger partial charge in [0.05, 0.1) is 26.3 Å². The van der Waals surface area contributed by atoms with Crippen LogP contribution < -0.4 is 15.5 Å². The van der Waals surface area contributed by atoms with E-state index >= 15 is 0 Å². The number of likely N-dealkylation sites (N-methyl/N-ethyl adjacent to an activating group) is 1. The predicted molar refractivity (Wildman–Crippen MR) is 111 cm³/mol. The molecule has 2 aromatic carbocycles. The van der Waals surface area contributed by atoms with Crippen LogP contribution in [0.4, 0.5) is 21.5 Å². The molecule has 0 unspecified atom stereocenters. The molecule has 0 aromatic heterocycles. The predicted octanol–water partition coefficient (Wildman–Crippen LogP) is 2.17. The fourth-order valence-corrected chi connectivity index (χ4v) is 3.09. The molecule has 1 aliphatic rings. The number of benzene rings is 2. The van der Waals surface area contributed by atoms with E-state index in [4.69, 9.17) is 4.74 Å². The number of carbonyl (C=O) groups is 2. The van der Waals surface area contributed by atoms with Gasteiger partial charge in [-0.3, -0.25) is 14.5 Å². The van der Waals surface area contributed by atoms with E-state index in [0.717, 1.165) is 32.0 Å². The first-order valence-electron chi connectivity index (χ1n) is 9.46. The smallest absolute Gasteiger partial charge is 0.238 e. The normalized spacial score (nSPS) is 14.0. The van der Waals surface area contributed by atoms with E-state index in [2.05, 4.69) is 15.5 Å². The van der Waals surface area contributed by atoms with Gasteiger partial charge in [0.25, 0.3) is 0 Å². The molecule has 0 radical (unpaired) electrons. The summed E-state index contributed by atoms with van der Waals surface area (Å²) in [6.45, 7) is 3.22. The maximum atomic E-state index is 13.2. The summed E-state index contributed by atoms with van der Waals surface area (Å²) >= 11 is 0. The van der Waals surface area contributed by atoms with Crippen molar-refractivity contribution in [3.8, 4) is 0 Å². The van der Waals surface area contributed by atoms with Gasteiger partial charge >= 0.3 is 0 Å². The summed E-state index contributed by atoms with van der Waals surface area (Å²) in [6, 6.07) is 13.3. The third kappa shape index (κ3) is 6.55. The molecule has 0 bridgehead atoms. The van der Waals surface area contributed by atoms with Gasteiger partial charge in [-0.1, -0.05) is 6.07 Å². The third-order valence-corrected chi connectivity index (χ3v) is 4.46. The average Bonchev–Trinajstić information content (AvgIpc) is 2.69. The van der Waals surface area contributed by atoms with E-state index in [1.807, 2.05) is 24.3 Å². The molecule has 154 valence electrons. The Morgan fingerprint density at radius 3 is 2.24 bits per heavy atom. The monoisotopic (exact) mass is 400 g/mol. The molecule has 3 rings (SSSR count). The first-order chi connectivity index (χ1) is 14.0. The van der Waals surface area contributed by atoms with Crippen molar-refractivity contribution in [2.45, 2.75) is 0 Å². The second-order valence-electron chi connectivity index (χ2n) is 6.93. The van der Waals surface area contributed by atoms with Crippen LogP contribution >= 0.6 is 0 Å². The minimum absolute atomic E-state index is 0.0138. The summed E-state index contributed by atoms with van der Waals surface area (Å²) in [5.74, 6) is -0.957. The van der Waals surface area contributed by atoms with Gasteiger partial charge in [0.2, 0.25) is 11.8 Å². The number of hydrogen-bond donors (Lipinski definition) is 2. The number of nitrogens with zero attached hydrogens (tertiary/aromatic N) is 2. The lowest BCUT2D eigenvalue weighted by Gasteiger charge is -2.28. The minimum atomic E-state index is -0.421. The number of halogens is 1. The van der Waals surface area contributed by atoms with Gasteiger partial charge < -0.3 is 20.3 Å². The first-order valence-corrected chi connectivity index (χ1v) is 9.46. The third-order valence-electron chi connectivity index (χ3n) is 4.46. The largest absolute Gasteiger partial charge is 0.378 e. The van der Waals surface area contributed by atoms with E-state index in [-0.39, 0.29) is 24.9 Å². The fraction of sp³-hybridized carbons (Fsp3) is 0.333. The van der Waals surface area contributed by atoms with E-state index < -0.39 is 5.82 Å². The van der Waals surface area contributed by atoms with Gasteiger partial charge in [-0.25, -0.2) is 4.39 Å². The van der Waals surface area contributed by atoms with Crippen LogP contribution in [0.2, 0.25) is 0 Å². The van der Waals surface area contributed by atoms with Crippen LogP contribution in [0.1, 0.15) is 0 Å². The highest BCUT2D eigenvalue weighted by molar-refractivity contribution is 5.94. The summed E-state index contributed by atoms with van der Waals surface area (Å²) in [6.07, 6.45) is 0. The lowest BCUT2D eigenvalue weighted by Crippen LogP contribution is -2.36. The molecule has 0 aliphatic carbocycles. The molecular formula is C21H25FN4O3. The van der Waals surface area contributed by atoms with Crippen LogP contribution in [0.15, 0.2) is 48.5 Å². The first kappa shape index (κ1) is 20.8. The number of ether oxygens (including phenoxy) is 1. The Kier molecular flexibility index (Phi) is 7.15. The lowest BCUT2D eigenvalue weighted by atomic mass is 10.2. The van der Waals surface area contributed by atoms with Crippen LogP contribution in [0.3, 0.4) is 0 Å². The van der Waals surface area contributed by atoms with Crippen LogP contribution in [-0.2, 0) is 14.3 Å². The van der Waals surface area contributed by atoms with Crippen LogP contribution in [0.25, 0.3) is 0 Å². The molecule has 0 atom stereocenters. The summed E-state index contributed by atoms with van der Waals surface area (Å²) in [7, 11) is 1.67. The van der Waals surface area contributed by atoms with Crippen molar-refractivity contribution in [1.29, 1.82) is 0 Å². The van der Waals surface area contributed by atoms with Gasteiger partial charge in [-0.05, 0) is 49.5 Å². The van der Waals surface area contributed by atoms with Crippen molar-refractivity contribution in [3.63, 3.8) is 0 Å². The Bertz CT molecular complexity index is 838. The second-order valence-corrected chi connectivity index (χ2v) is 6.93. The van der Waals surface area contributed by atoms with Crippen molar-refractivity contribution in [3.05, 3.63) is 54.3 Å². The van der Waals surface area contributed by atoms with Crippen molar-refractivity contribution in [2.75, 3.05) is 62.0 Å². The Morgan fingerprint density at radius 2 is 1.62 bits per heavy atom. The number of nitrogens with one attached hydrogen (secondary N) is 2. The second kappa shape index (κ2) is 9.99. The maximum Gasteiger partial charge on any atom is 0.238 e. The topological polar surface area (TPSA) is 73.9 Å². The molecular weight excluding hydrogens is 375 g/mol. The Labute approximate surface area is 169 Å². The van der Waals surface area contributed by atoms with Gasteiger partial charge in [0.1, 0.15) is 5.82 Å². The highest BCUT2D eigenvalue weighted by atomic mass is 19.1. The molecule has 0 spiro atoms. The number of anilines is 3. The highest BCUT2D eigenvalue weighted by Gasteiger charge is 2.13. The summed E-state index contributed by atoms with van der Waals surface area (Å²) in [5, 5.41) is 5.44. The van der Waals surface area contributed by atoms with E-state index in [9.17, 15) is 14.0 Å². The molecule has 2 N–H and O–H groups in total. The summed E-state index contributed by atoms with van der Waals surface area (Å²) in [5.41, 5.74) is 2.18. The minimum Gasteiger partial charge on any atom is -0.378 e. The standard InChI is InChI=1S/C21H25FN4O3/c1-25(15-21(28)24-18-4-2-3-16(22)13-18)14-20(27)23-17-5-7-19(8-6-17)26-9-11-29-12-10-26/h2-8,13H,9-12,14-15H2,1H3,(H,23,27)(H,24,28). The van der Waals surface area contributed by atoms with Crippen molar-refractivity contribution < 1.29 is 18.7 Å². The zero-order valence-electron chi connectivity index (χ0n) is 16.4. The number of carbonyl (C=O) groups excluding carboxylic acids is 2. The maximum absolute atomic E-state index is 13.2. The van der Waals surface area contributed by atoms with Crippen LogP contribution in [0, 0.1) is 5.82 Å². The van der Waals surface area contributed by atoms with Gasteiger partial charge in [0, 0.05) is 30.2 Å². The lowest BCUT2D eigenvalue weighted by molar-refractivity contribution is -0.119. The molecule has 0 saturated carbocycles. The van der Waals surface area contributed by atoms with Gasteiger partial charge in [-0.2, -0.15) is 0 Å². The molecule has 1 aliphatic heterocycles. The quantitative estimate of drug-likeness (QED) is 0.745. The molecule has 2 aromatic rings. The Morgan fingerprint density at radius 1 is 1.00 bits per heavy atom. The van der Waals surface area contributed by atoms with Crippen molar-refractivity contribution in [2.24, 2.45) is 0 Å². The Balaban J connectivity index is 1.44. The summed E-state index contributed by atoms with van der Waals surface area (Å²) in [4.78, 5) is 28.1. The number of rotatable bonds is 7. The van der Waals surface area contributed by atoms with Gasteiger partial charge in [0.15, 0.2) is 0 Å². The van der Waals surface area contributed by atoms with Crippen LogP contribution in [-0.4, -0.2) is 63.2 Å². The molecule has 2 amide bonds. The highest BCUT2D eigenvalue weighted by Crippen LogP contribution is 2.19. The molecule has 7 nitrogen and oxygen atoms in total. The SMILES string of the molecule is CN(CC(=O)Nc1ccc(N2CCOCC2)cc1)CC(=O)Nc1cccc(F)c1. The zero-order chi connectivity index (χ0) is 20.6. The van der Waals surface area contributed by atoms with Crippen LogP contribution in [0.5, 0.6) is 0 Å². The van der Waals surface area contributed by atoms with Crippen molar-refractivity contribution >= 4 is 28.9 Å². The fourth-order valence-electron chi connectivity index (χ4n) is 3.09. The van der Waals surface area contributed by atoms with Gasteiger partial charge in [-0.15, -0.1) is 0 Å². The molecule has 1 heterocycles. The molecule has 8 heteroatoms.